The lowest BCUT2D eigenvalue weighted by molar-refractivity contribution is 0.0316. The third kappa shape index (κ3) is 4.61. The molecule has 0 amide bonds. The minimum absolute atomic E-state index is 0.440. The van der Waals surface area contributed by atoms with Crippen molar-refractivity contribution in [1.29, 1.82) is 0 Å². The molecule has 182 valence electrons. The highest BCUT2D eigenvalue weighted by Gasteiger charge is 2.53. The lowest BCUT2D eigenvalue weighted by atomic mass is 9.51. The Hall–Kier alpha value is -0.343. The summed E-state index contributed by atoms with van der Waals surface area (Å²) < 4.78 is 6.59. The molecule has 1 saturated carbocycles. The minimum Gasteiger partial charge on any atom is -0.415 e. The van der Waals surface area contributed by atoms with Gasteiger partial charge < -0.3 is 4.43 Å². The zero-order valence-electron chi connectivity index (χ0n) is 22.7. The first-order chi connectivity index (χ1) is 14.9. The van der Waals surface area contributed by atoms with Crippen LogP contribution in [0.1, 0.15) is 105 Å². The van der Waals surface area contributed by atoms with Crippen LogP contribution in [0.25, 0.3) is 0 Å². The van der Waals surface area contributed by atoms with Crippen LogP contribution in [0.5, 0.6) is 0 Å². The monoisotopic (exact) mass is 456 g/mol. The Morgan fingerprint density at radius 1 is 1.00 bits per heavy atom. The first-order valence-electron chi connectivity index (χ1n) is 14.1. The molecule has 32 heavy (non-hydrogen) atoms. The van der Waals surface area contributed by atoms with Gasteiger partial charge in [0, 0.05) is 6.10 Å². The maximum absolute atomic E-state index is 6.59. The molecule has 1 fully saturated rings. The second-order valence-corrected chi connectivity index (χ2v) is 18.4. The molecule has 6 atom stereocenters. The van der Waals surface area contributed by atoms with Crippen molar-refractivity contribution in [2.75, 3.05) is 0 Å². The summed E-state index contributed by atoms with van der Waals surface area (Å²) in [5.74, 6) is 3.41. The molecular formula is C30H52OSi. The van der Waals surface area contributed by atoms with Crippen LogP contribution in [0.4, 0.5) is 0 Å². The zero-order chi connectivity index (χ0) is 23.3. The number of rotatable bonds is 7. The van der Waals surface area contributed by atoms with Gasteiger partial charge in [-0.3, -0.25) is 0 Å². The van der Waals surface area contributed by atoms with Crippen LogP contribution in [0.3, 0.4) is 0 Å². The highest BCUT2D eigenvalue weighted by atomic mass is 28.4. The molecule has 0 radical (unpaired) electrons. The second-order valence-electron chi connectivity index (χ2n) is 13.9. The quantitative estimate of drug-likeness (QED) is 0.347. The summed E-state index contributed by atoms with van der Waals surface area (Å²) in [6.07, 6.45) is 18.2. The normalized spacial score (nSPS) is 38.3. The maximum atomic E-state index is 6.59. The van der Waals surface area contributed by atoms with Gasteiger partial charge in [-0.15, -0.1) is 0 Å². The van der Waals surface area contributed by atoms with Gasteiger partial charge in [-0.1, -0.05) is 65.5 Å². The summed E-state index contributed by atoms with van der Waals surface area (Å²) in [5, 5.41) is 0. The van der Waals surface area contributed by atoms with E-state index in [1.54, 1.807) is 5.57 Å². The Morgan fingerprint density at radius 3 is 2.44 bits per heavy atom. The Balaban J connectivity index is 1.49. The van der Waals surface area contributed by atoms with Crippen molar-refractivity contribution in [1.82, 2.24) is 0 Å². The van der Waals surface area contributed by atoms with Crippen LogP contribution in [0.2, 0.25) is 19.6 Å². The van der Waals surface area contributed by atoms with Gasteiger partial charge in [-0.25, -0.2) is 0 Å². The molecule has 0 saturated heterocycles. The first-order valence-corrected chi connectivity index (χ1v) is 17.5. The van der Waals surface area contributed by atoms with Crippen LogP contribution in [-0.2, 0) is 4.43 Å². The number of hydrogen-bond acceptors (Lipinski definition) is 1. The first kappa shape index (κ1) is 24.8. The maximum Gasteiger partial charge on any atom is 0.184 e. The fraction of sp³-hybridized carbons (Fsp3) is 0.867. The minimum atomic E-state index is -1.44. The van der Waals surface area contributed by atoms with Crippen molar-refractivity contribution in [3.05, 3.63) is 22.8 Å². The third-order valence-electron chi connectivity index (χ3n) is 10.1. The summed E-state index contributed by atoms with van der Waals surface area (Å²) in [5.41, 5.74) is 6.41. The van der Waals surface area contributed by atoms with E-state index in [1.807, 2.05) is 11.1 Å². The van der Waals surface area contributed by atoms with Crippen LogP contribution in [0, 0.1) is 34.5 Å². The van der Waals surface area contributed by atoms with Crippen molar-refractivity contribution in [2.45, 2.75) is 131 Å². The summed E-state index contributed by atoms with van der Waals surface area (Å²) >= 11 is 0. The van der Waals surface area contributed by atoms with E-state index in [0.717, 1.165) is 23.7 Å². The highest BCUT2D eigenvalue weighted by molar-refractivity contribution is 6.69. The zero-order valence-corrected chi connectivity index (χ0v) is 23.7. The molecule has 0 aliphatic heterocycles. The largest absolute Gasteiger partial charge is 0.415 e. The molecule has 4 aliphatic rings. The Kier molecular flexibility index (Phi) is 6.99. The molecule has 0 heterocycles. The van der Waals surface area contributed by atoms with E-state index in [0.29, 0.717) is 16.9 Å². The van der Waals surface area contributed by atoms with E-state index < -0.39 is 8.32 Å². The molecule has 1 nitrogen and oxygen atoms in total. The molecule has 0 unspecified atom stereocenters. The molecule has 2 heteroatoms. The Bertz CT molecular complexity index is 755. The molecule has 0 N–H and O–H groups in total. The summed E-state index contributed by atoms with van der Waals surface area (Å²) in [4.78, 5) is 0. The SMILES string of the molecule is CC(C)CCC[C@@H](C)[C@H]1CC=C2C3=C(CC[C@@]21C)[C@@]1(C)CC[C@H](O[Si](C)(C)C)C[C@@H]1CC3. The van der Waals surface area contributed by atoms with Crippen molar-refractivity contribution in [3.63, 3.8) is 0 Å². The summed E-state index contributed by atoms with van der Waals surface area (Å²) in [6.45, 7) is 19.7. The van der Waals surface area contributed by atoms with Crippen molar-refractivity contribution in [3.8, 4) is 0 Å². The number of allylic oxidation sites excluding steroid dienone is 4. The van der Waals surface area contributed by atoms with Crippen LogP contribution >= 0.6 is 0 Å². The fourth-order valence-electron chi connectivity index (χ4n) is 8.37. The molecule has 0 aromatic heterocycles. The van der Waals surface area contributed by atoms with Crippen LogP contribution in [0.15, 0.2) is 22.8 Å². The van der Waals surface area contributed by atoms with Crippen LogP contribution in [-0.4, -0.2) is 14.4 Å². The molecule has 0 aromatic rings. The van der Waals surface area contributed by atoms with Crippen molar-refractivity contribution < 1.29 is 4.43 Å². The lowest BCUT2D eigenvalue weighted by Gasteiger charge is -2.54. The molecule has 0 aromatic carbocycles. The average molecular weight is 457 g/mol. The van der Waals surface area contributed by atoms with Gasteiger partial charge in [-0.2, -0.15) is 0 Å². The van der Waals surface area contributed by atoms with Gasteiger partial charge in [0.15, 0.2) is 8.32 Å². The highest BCUT2D eigenvalue weighted by Crippen LogP contribution is 2.64. The van der Waals surface area contributed by atoms with Crippen molar-refractivity contribution >= 4 is 8.32 Å². The summed E-state index contributed by atoms with van der Waals surface area (Å²) in [6, 6.07) is 0. The van der Waals surface area contributed by atoms with Crippen LogP contribution < -0.4 is 0 Å². The van der Waals surface area contributed by atoms with E-state index in [9.17, 15) is 0 Å². The standard InChI is InChI=1S/C30H52OSi/c1-21(2)10-9-11-22(3)26-14-15-27-25-13-12-23-20-24(31-32(6,7)8)16-18-29(23,4)28(25)17-19-30(26,27)5/h15,21-24,26H,9-14,16-20H2,1-8H3/t22-,23+,24+,26-,29+,30-/m1/s1. The number of fused-ring (bicyclic) bond motifs is 4. The lowest BCUT2D eigenvalue weighted by Crippen LogP contribution is -2.46. The Morgan fingerprint density at radius 2 is 1.75 bits per heavy atom. The predicted octanol–water partition coefficient (Wildman–Crippen LogP) is 9.31. The molecule has 0 bridgehead atoms. The topological polar surface area (TPSA) is 9.23 Å². The average Bonchev–Trinajstić information content (AvgIpc) is 3.04. The Labute approximate surface area is 201 Å². The molecule has 4 aliphatic carbocycles. The summed E-state index contributed by atoms with van der Waals surface area (Å²) in [7, 11) is -1.44. The van der Waals surface area contributed by atoms with E-state index >= 15 is 0 Å². The van der Waals surface area contributed by atoms with Gasteiger partial charge in [0.05, 0.1) is 0 Å². The van der Waals surface area contributed by atoms with Gasteiger partial charge in [0.1, 0.15) is 0 Å². The molecule has 4 rings (SSSR count). The van der Waals surface area contributed by atoms with E-state index in [-0.39, 0.29) is 0 Å². The third-order valence-corrected chi connectivity index (χ3v) is 11.1. The van der Waals surface area contributed by atoms with Gasteiger partial charge in [0.25, 0.3) is 0 Å². The smallest absolute Gasteiger partial charge is 0.184 e. The predicted molar refractivity (Wildman–Crippen MR) is 141 cm³/mol. The fourth-order valence-corrected chi connectivity index (χ4v) is 9.58. The van der Waals surface area contributed by atoms with Gasteiger partial charge in [0.2, 0.25) is 0 Å². The van der Waals surface area contributed by atoms with E-state index in [1.165, 1.54) is 70.6 Å². The van der Waals surface area contributed by atoms with Gasteiger partial charge >= 0.3 is 0 Å². The second kappa shape index (κ2) is 9.03. The number of hydrogen-bond donors (Lipinski definition) is 0. The molecule has 0 spiro atoms. The van der Waals surface area contributed by atoms with Gasteiger partial charge in [-0.05, 0) is 117 Å². The van der Waals surface area contributed by atoms with Crippen molar-refractivity contribution in [2.24, 2.45) is 34.5 Å². The molecular weight excluding hydrogens is 404 g/mol. The van der Waals surface area contributed by atoms with E-state index in [2.05, 4.69) is 60.3 Å². The van der Waals surface area contributed by atoms with E-state index in [4.69, 9.17) is 4.43 Å².